The van der Waals surface area contributed by atoms with E-state index in [2.05, 4.69) is 37.9 Å². The number of aliphatic imine (C=N–C) groups is 1. The minimum atomic E-state index is -0.591. The van der Waals surface area contributed by atoms with Crippen LogP contribution in [0, 0.1) is 0 Å². The van der Waals surface area contributed by atoms with E-state index in [0.717, 1.165) is 64.1 Å². The molecule has 1 aliphatic carbocycles. The van der Waals surface area contributed by atoms with Crippen molar-refractivity contribution in [3.8, 4) is 0 Å². The summed E-state index contributed by atoms with van der Waals surface area (Å²) >= 11 is 0. The van der Waals surface area contributed by atoms with Crippen molar-refractivity contribution < 1.29 is 9.84 Å². The number of guanidine groups is 1. The third kappa shape index (κ3) is 6.25. The Labute approximate surface area is 147 Å². The lowest BCUT2D eigenvalue weighted by atomic mass is 9.85. The summed E-state index contributed by atoms with van der Waals surface area (Å²) in [5.41, 5.74) is -0.664. The summed E-state index contributed by atoms with van der Waals surface area (Å²) in [4.78, 5) is 7.09. The van der Waals surface area contributed by atoms with Gasteiger partial charge in [0, 0.05) is 19.6 Å². The highest BCUT2D eigenvalue weighted by atomic mass is 16.5. The van der Waals surface area contributed by atoms with E-state index in [1.165, 1.54) is 6.42 Å². The van der Waals surface area contributed by atoms with Gasteiger partial charge in [-0.05, 0) is 53.4 Å². The van der Waals surface area contributed by atoms with E-state index in [4.69, 9.17) is 9.73 Å². The Hall–Kier alpha value is -0.810. The van der Waals surface area contributed by atoms with Crippen molar-refractivity contribution in [2.75, 3.05) is 26.2 Å². The maximum absolute atomic E-state index is 10.7. The van der Waals surface area contributed by atoms with E-state index in [-0.39, 0.29) is 5.60 Å². The Bertz CT molecular complexity index is 403. The van der Waals surface area contributed by atoms with Crippen molar-refractivity contribution >= 4 is 5.96 Å². The lowest BCUT2D eigenvalue weighted by molar-refractivity contribution is -0.0773. The highest BCUT2D eigenvalue weighted by Crippen LogP contribution is 2.28. The van der Waals surface area contributed by atoms with Gasteiger partial charge in [-0.3, -0.25) is 4.99 Å². The number of nitrogens with one attached hydrogen (secondary N) is 1. The molecular formula is C19H37N3O2. The molecule has 0 aromatic rings. The lowest BCUT2D eigenvalue weighted by Gasteiger charge is -2.37. The van der Waals surface area contributed by atoms with Crippen molar-refractivity contribution in [1.82, 2.24) is 10.2 Å². The zero-order valence-corrected chi connectivity index (χ0v) is 16.1. The van der Waals surface area contributed by atoms with Crippen LogP contribution in [0.5, 0.6) is 0 Å². The van der Waals surface area contributed by atoms with E-state index in [1.54, 1.807) is 0 Å². The molecule has 0 amide bonds. The van der Waals surface area contributed by atoms with Crippen molar-refractivity contribution in [2.45, 2.75) is 89.9 Å². The predicted octanol–water partition coefficient (Wildman–Crippen LogP) is 2.93. The van der Waals surface area contributed by atoms with Crippen LogP contribution in [-0.4, -0.2) is 59.5 Å². The second-order valence-corrected chi connectivity index (χ2v) is 8.37. The van der Waals surface area contributed by atoms with Crippen LogP contribution >= 0.6 is 0 Å². The molecule has 24 heavy (non-hydrogen) atoms. The quantitative estimate of drug-likeness (QED) is 0.611. The van der Waals surface area contributed by atoms with Gasteiger partial charge in [-0.25, -0.2) is 0 Å². The summed E-state index contributed by atoms with van der Waals surface area (Å²) in [7, 11) is 0. The third-order valence-corrected chi connectivity index (χ3v) is 4.90. The van der Waals surface area contributed by atoms with Crippen LogP contribution in [0.25, 0.3) is 0 Å². The molecule has 1 saturated carbocycles. The Balaban J connectivity index is 1.89. The molecule has 1 aliphatic heterocycles. The highest BCUT2D eigenvalue weighted by Gasteiger charge is 2.30. The highest BCUT2D eigenvalue weighted by molar-refractivity contribution is 5.80. The first kappa shape index (κ1) is 19.5. The Kier molecular flexibility index (Phi) is 6.93. The molecule has 0 aromatic carbocycles. The molecule has 5 nitrogen and oxygen atoms in total. The topological polar surface area (TPSA) is 57.1 Å². The summed E-state index contributed by atoms with van der Waals surface area (Å²) in [5, 5.41) is 14.1. The number of nitrogens with zero attached hydrogens (tertiary/aromatic N) is 2. The van der Waals surface area contributed by atoms with Gasteiger partial charge < -0.3 is 20.1 Å². The Morgan fingerprint density at radius 3 is 2.38 bits per heavy atom. The zero-order chi connectivity index (χ0) is 17.6. The fourth-order valence-electron chi connectivity index (χ4n) is 3.70. The number of piperidine rings is 1. The van der Waals surface area contributed by atoms with Crippen LogP contribution in [0.2, 0.25) is 0 Å². The molecule has 0 unspecified atom stereocenters. The van der Waals surface area contributed by atoms with Gasteiger partial charge in [-0.15, -0.1) is 0 Å². The van der Waals surface area contributed by atoms with Crippen LogP contribution < -0.4 is 5.32 Å². The maximum Gasteiger partial charge on any atom is 0.194 e. The number of hydrogen-bond donors (Lipinski definition) is 2. The molecular weight excluding hydrogens is 302 g/mol. The van der Waals surface area contributed by atoms with Crippen LogP contribution in [-0.2, 0) is 4.74 Å². The van der Waals surface area contributed by atoms with Gasteiger partial charge in [-0.2, -0.15) is 0 Å². The smallest absolute Gasteiger partial charge is 0.194 e. The number of aliphatic hydroxyl groups is 1. The standard InChI is InChI=1S/C19H37N3O2/c1-5-20-17(21-15-19(23)11-7-6-8-12-19)22-13-9-16(10-14-22)24-18(2,3)4/h16,23H,5-15H2,1-4H3,(H,20,21). The van der Waals surface area contributed by atoms with Gasteiger partial charge in [0.2, 0.25) is 0 Å². The Morgan fingerprint density at radius 2 is 1.83 bits per heavy atom. The van der Waals surface area contributed by atoms with Gasteiger partial charge >= 0.3 is 0 Å². The molecule has 2 fully saturated rings. The van der Waals surface area contributed by atoms with Crippen molar-refractivity contribution in [3.63, 3.8) is 0 Å². The van der Waals surface area contributed by atoms with Crippen molar-refractivity contribution in [1.29, 1.82) is 0 Å². The maximum atomic E-state index is 10.7. The molecule has 5 heteroatoms. The summed E-state index contributed by atoms with van der Waals surface area (Å²) < 4.78 is 6.11. The van der Waals surface area contributed by atoms with E-state index in [1.807, 2.05) is 0 Å². The number of hydrogen-bond acceptors (Lipinski definition) is 3. The molecule has 0 aromatic heterocycles. The SMILES string of the molecule is CCNC(=NCC1(O)CCCCC1)N1CCC(OC(C)(C)C)CC1. The van der Waals surface area contributed by atoms with Crippen LogP contribution in [0.15, 0.2) is 4.99 Å². The predicted molar refractivity (Wildman–Crippen MR) is 99.4 cm³/mol. The monoisotopic (exact) mass is 339 g/mol. The average molecular weight is 340 g/mol. The second-order valence-electron chi connectivity index (χ2n) is 8.37. The Morgan fingerprint density at radius 1 is 1.21 bits per heavy atom. The first-order valence-electron chi connectivity index (χ1n) is 9.75. The molecule has 0 spiro atoms. The number of ether oxygens (including phenoxy) is 1. The summed E-state index contributed by atoms with van der Waals surface area (Å²) in [6.45, 7) is 11.8. The second kappa shape index (κ2) is 8.52. The van der Waals surface area contributed by atoms with Crippen LogP contribution in [0.1, 0.15) is 72.6 Å². The summed E-state index contributed by atoms with van der Waals surface area (Å²) in [5.74, 6) is 0.950. The van der Waals surface area contributed by atoms with Gasteiger partial charge in [0.25, 0.3) is 0 Å². The molecule has 0 atom stereocenters. The van der Waals surface area contributed by atoms with Gasteiger partial charge in [0.15, 0.2) is 5.96 Å². The van der Waals surface area contributed by atoms with E-state index in [9.17, 15) is 5.11 Å². The molecule has 0 bridgehead atoms. The molecule has 140 valence electrons. The first-order valence-corrected chi connectivity index (χ1v) is 9.75. The summed E-state index contributed by atoms with van der Waals surface area (Å²) in [6, 6.07) is 0. The van der Waals surface area contributed by atoms with Crippen LogP contribution in [0.4, 0.5) is 0 Å². The van der Waals surface area contributed by atoms with E-state index >= 15 is 0 Å². The third-order valence-electron chi connectivity index (χ3n) is 4.90. The zero-order valence-electron chi connectivity index (χ0n) is 16.1. The molecule has 0 radical (unpaired) electrons. The molecule has 2 rings (SSSR count). The van der Waals surface area contributed by atoms with Gasteiger partial charge in [0.05, 0.1) is 23.9 Å². The average Bonchev–Trinajstić information content (AvgIpc) is 2.52. The first-order chi connectivity index (χ1) is 11.3. The molecule has 2 aliphatic rings. The fourth-order valence-corrected chi connectivity index (χ4v) is 3.70. The normalized spacial score (nSPS) is 23.4. The molecule has 2 N–H and O–H groups in total. The summed E-state index contributed by atoms with van der Waals surface area (Å²) in [6.07, 6.45) is 7.67. The van der Waals surface area contributed by atoms with Gasteiger partial charge in [0.1, 0.15) is 0 Å². The molecule has 1 saturated heterocycles. The minimum absolute atomic E-state index is 0.0737. The number of rotatable bonds is 4. The van der Waals surface area contributed by atoms with Crippen LogP contribution in [0.3, 0.4) is 0 Å². The lowest BCUT2D eigenvalue weighted by Crippen LogP contribution is -2.48. The van der Waals surface area contributed by atoms with Gasteiger partial charge in [-0.1, -0.05) is 19.3 Å². The largest absolute Gasteiger partial charge is 0.388 e. The van der Waals surface area contributed by atoms with E-state index < -0.39 is 5.60 Å². The van der Waals surface area contributed by atoms with Crippen molar-refractivity contribution in [2.24, 2.45) is 4.99 Å². The minimum Gasteiger partial charge on any atom is -0.388 e. The fraction of sp³-hybridized carbons (Fsp3) is 0.947. The van der Waals surface area contributed by atoms with E-state index in [0.29, 0.717) is 12.6 Å². The van der Waals surface area contributed by atoms with Crippen molar-refractivity contribution in [3.05, 3.63) is 0 Å². The number of likely N-dealkylation sites (tertiary alicyclic amines) is 1. The molecule has 1 heterocycles.